The SMILES string of the molecule is Cc1ccc(C(C)(C)C)c(O)c1CCCC(=O)O. The Hall–Kier alpha value is -1.51. The average Bonchev–Trinajstić information content (AvgIpc) is 2.20. The molecule has 0 bridgehead atoms. The molecule has 0 unspecified atom stereocenters. The zero-order valence-corrected chi connectivity index (χ0v) is 11.6. The van der Waals surface area contributed by atoms with Crippen LogP contribution < -0.4 is 0 Å². The van der Waals surface area contributed by atoms with Gasteiger partial charge in [0.05, 0.1) is 0 Å². The first kappa shape index (κ1) is 14.6. The molecule has 3 heteroatoms. The van der Waals surface area contributed by atoms with Crippen molar-refractivity contribution in [3.63, 3.8) is 0 Å². The first-order valence-electron chi connectivity index (χ1n) is 6.27. The number of aromatic hydroxyl groups is 1. The van der Waals surface area contributed by atoms with E-state index in [4.69, 9.17) is 5.11 Å². The Balaban J connectivity index is 3.00. The molecule has 2 N–H and O–H groups in total. The van der Waals surface area contributed by atoms with Crippen LogP contribution in [0, 0.1) is 6.92 Å². The van der Waals surface area contributed by atoms with Crippen molar-refractivity contribution in [2.24, 2.45) is 0 Å². The minimum atomic E-state index is -0.792. The van der Waals surface area contributed by atoms with E-state index in [1.54, 1.807) is 0 Å². The number of aliphatic carboxylic acids is 1. The molecule has 0 fully saturated rings. The molecule has 0 aromatic heterocycles. The van der Waals surface area contributed by atoms with Crippen LogP contribution >= 0.6 is 0 Å². The van der Waals surface area contributed by atoms with E-state index in [9.17, 15) is 9.90 Å². The molecule has 0 spiro atoms. The van der Waals surface area contributed by atoms with Crippen molar-refractivity contribution < 1.29 is 15.0 Å². The van der Waals surface area contributed by atoms with E-state index in [2.05, 4.69) is 20.8 Å². The fourth-order valence-electron chi connectivity index (χ4n) is 2.07. The van der Waals surface area contributed by atoms with Crippen LogP contribution in [-0.2, 0) is 16.6 Å². The van der Waals surface area contributed by atoms with Gasteiger partial charge in [-0.1, -0.05) is 32.9 Å². The van der Waals surface area contributed by atoms with Crippen LogP contribution in [0.1, 0.15) is 50.3 Å². The molecule has 1 rings (SSSR count). The number of rotatable bonds is 4. The molecule has 0 saturated heterocycles. The van der Waals surface area contributed by atoms with Gasteiger partial charge in [-0.05, 0) is 41.9 Å². The molecule has 18 heavy (non-hydrogen) atoms. The molecule has 100 valence electrons. The number of benzene rings is 1. The topological polar surface area (TPSA) is 57.5 Å². The molecule has 0 saturated carbocycles. The molecule has 0 atom stereocenters. The summed E-state index contributed by atoms with van der Waals surface area (Å²) in [5, 5.41) is 19.0. The molecule has 1 aromatic rings. The number of carboxylic acid groups (broad SMARTS) is 1. The minimum Gasteiger partial charge on any atom is -0.507 e. The third-order valence-corrected chi connectivity index (χ3v) is 3.14. The highest BCUT2D eigenvalue weighted by Gasteiger charge is 2.20. The summed E-state index contributed by atoms with van der Waals surface area (Å²) in [6.07, 6.45) is 1.30. The second-order valence-corrected chi connectivity index (χ2v) is 5.75. The van der Waals surface area contributed by atoms with E-state index in [1.807, 2.05) is 19.1 Å². The van der Waals surface area contributed by atoms with Gasteiger partial charge in [0.15, 0.2) is 0 Å². The first-order chi connectivity index (χ1) is 8.23. The van der Waals surface area contributed by atoms with Crippen molar-refractivity contribution in [3.8, 4) is 5.75 Å². The summed E-state index contributed by atoms with van der Waals surface area (Å²) in [6.45, 7) is 8.11. The lowest BCUT2D eigenvalue weighted by Crippen LogP contribution is -2.12. The van der Waals surface area contributed by atoms with Crippen molar-refractivity contribution in [3.05, 3.63) is 28.8 Å². The van der Waals surface area contributed by atoms with Gasteiger partial charge >= 0.3 is 5.97 Å². The number of aryl methyl sites for hydroxylation is 1. The molecule has 1 aromatic carbocycles. The summed E-state index contributed by atoms with van der Waals surface area (Å²) >= 11 is 0. The number of hydrogen-bond donors (Lipinski definition) is 2. The Morgan fingerprint density at radius 3 is 2.39 bits per heavy atom. The Morgan fingerprint density at radius 1 is 1.28 bits per heavy atom. The van der Waals surface area contributed by atoms with Crippen molar-refractivity contribution in [1.29, 1.82) is 0 Å². The maximum Gasteiger partial charge on any atom is 0.303 e. The van der Waals surface area contributed by atoms with Crippen LogP contribution in [0.25, 0.3) is 0 Å². The smallest absolute Gasteiger partial charge is 0.303 e. The predicted octanol–water partition coefficient (Wildman–Crippen LogP) is 3.41. The zero-order chi connectivity index (χ0) is 13.9. The van der Waals surface area contributed by atoms with E-state index in [0.29, 0.717) is 18.6 Å². The lowest BCUT2D eigenvalue weighted by Gasteiger charge is -2.23. The molecule has 0 aliphatic carbocycles. The number of hydrogen-bond acceptors (Lipinski definition) is 2. The lowest BCUT2D eigenvalue weighted by atomic mass is 9.83. The second-order valence-electron chi connectivity index (χ2n) is 5.75. The highest BCUT2D eigenvalue weighted by Crippen LogP contribution is 2.35. The maximum atomic E-state index is 10.5. The quantitative estimate of drug-likeness (QED) is 0.861. The van der Waals surface area contributed by atoms with Gasteiger partial charge in [-0.15, -0.1) is 0 Å². The molecule has 0 aliphatic heterocycles. The van der Waals surface area contributed by atoms with E-state index in [-0.39, 0.29) is 11.8 Å². The molecule has 0 radical (unpaired) electrons. The Kier molecular flexibility index (Phi) is 4.38. The summed E-state index contributed by atoms with van der Waals surface area (Å²) in [5.74, 6) is -0.466. The highest BCUT2D eigenvalue weighted by molar-refractivity contribution is 5.66. The molecular formula is C15H22O3. The third-order valence-electron chi connectivity index (χ3n) is 3.14. The monoisotopic (exact) mass is 250 g/mol. The van der Waals surface area contributed by atoms with Gasteiger partial charge < -0.3 is 10.2 Å². The summed E-state index contributed by atoms with van der Waals surface area (Å²) in [6, 6.07) is 3.95. The van der Waals surface area contributed by atoms with E-state index in [0.717, 1.165) is 16.7 Å². The first-order valence-corrected chi connectivity index (χ1v) is 6.27. The van der Waals surface area contributed by atoms with Gasteiger partial charge in [-0.2, -0.15) is 0 Å². The standard InChI is InChI=1S/C15H22O3/c1-10-8-9-12(15(2,3)4)14(18)11(10)6-5-7-13(16)17/h8-9,18H,5-7H2,1-4H3,(H,16,17). The van der Waals surface area contributed by atoms with Crippen LogP contribution in [0.15, 0.2) is 12.1 Å². The molecule has 0 amide bonds. The van der Waals surface area contributed by atoms with Gasteiger partial charge in [0.2, 0.25) is 0 Å². The Morgan fingerprint density at radius 2 is 1.89 bits per heavy atom. The molecule has 3 nitrogen and oxygen atoms in total. The van der Waals surface area contributed by atoms with Crippen molar-refractivity contribution in [2.45, 2.75) is 52.4 Å². The van der Waals surface area contributed by atoms with E-state index >= 15 is 0 Å². The predicted molar refractivity (Wildman–Crippen MR) is 72.1 cm³/mol. The summed E-state index contributed by atoms with van der Waals surface area (Å²) < 4.78 is 0. The Labute approximate surface area is 108 Å². The lowest BCUT2D eigenvalue weighted by molar-refractivity contribution is -0.137. The number of carbonyl (C=O) groups is 1. The van der Waals surface area contributed by atoms with Crippen molar-refractivity contribution in [1.82, 2.24) is 0 Å². The largest absolute Gasteiger partial charge is 0.507 e. The minimum absolute atomic E-state index is 0.112. The highest BCUT2D eigenvalue weighted by atomic mass is 16.4. The fourth-order valence-corrected chi connectivity index (χ4v) is 2.07. The van der Waals surface area contributed by atoms with E-state index in [1.165, 1.54) is 0 Å². The van der Waals surface area contributed by atoms with Crippen molar-refractivity contribution >= 4 is 5.97 Å². The summed E-state index contributed by atoms with van der Waals surface area (Å²) in [7, 11) is 0. The zero-order valence-electron chi connectivity index (χ0n) is 11.6. The van der Waals surface area contributed by atoms with Crippen LogP contribution in [0.5, 0.6) is 5.75 Å². The molecule has 0 heterocycles. The fraction of sp³-hybridized carbons (Fsp3) is 0.533. The van der Waals surface area contributed by atoms with Gasteiger partial charge in [0.25, 0.3) is 0 Å². The van der Waals surface area contributed by atoms with Crippen LogP contribution in [-0.4, -0.2) is 16.2 Å². The summed E-state index contributed by atoms with van der Waals surface area (Å²) in [4.78, 5) is 10.5. The maximum absolute atomic E-state index is 10.5. The van der Waals surface area contributed by atoms with Crippen molar-refractivity contribution in [2.75, 3.05) is 0 Å². The normalized spacial score (nSPS) is 11.6. The Bertz CT molecular complexity index is 442. The average molecular weight is 250 g/mol. The number of phenolic OH excluding ortho intramolecular Hbond substituents is 1. The number of phenols is 1. The van der Waals surface area contributed by atoms with E-state index < -0.39 is 5.97 Å². The van der Waals surface area contributed by atoms with Gasteiger partial charge in [0, 0.05) is 6.42 Å². The van der Waals surface area contributed by atoms with Crippen LogP contribution in [0.4, 0.5) is 0 Å². The summed E-state index contributed by atoms with van der Waals surface area (Å²) in [5.41, 5.74) is 2.70. The van der Waals surface area contributed by atoms with Gasteiger partial charge in [0.1, 0.15) is 5.75 Å². The van der Waals surface area contributed by atoms with Gasteiger partial charge in [-0.25, -0.2) is 0 Å². The van der Waals surface area contributed by atoms with Gasteiger partial charge in [-0.3, -0.25) is 4.79 Å². The third kappa shape index (κ3) is 3.49. The van der Waals surface area contributed by atoms with Crippen LogP contribution in [0.2, 0.25) is 0 Å². The van der Waals surface area contributed by atoms with Crippen LogP contribution in [0.3, 0.4) is 0 Å². The number of carboxylic acids is 1. The molecule has 0 aliphatic rings. The second kappa shape index (κ2) is 5.42. The molecular weight excluding hydrogens is 228 g/mol.